The number of nitrogens with zero attached hydrogens (tertiary/aromatic N) is 3. The number of hydrogen-bond acceptors (Lipinski definition) is 4. The van der Waals surface area contributed by atoms with Crippen molar-refractivity contribution in [3.8, 4) is 6.07 Å². The standard InChI is InChI=1S/C15H15N3O/c1-9-17-8-10-3-4-12-5-13(19)11(7-16)6-15(12,2)14(10)18-9/h6,8,12H,3-5H2,1-2H3/t12-,15-/m0/s1. The molecule has 2 atom stereocenters. The smallest absolute Gasteiger partial charge is 0.173 e. The van der Waals surface area contributed by atoms with Crippen LogP contribution >= 0.6 is 0 Å². The highest BCUT2D eigenvalue weighted by Crippen LogP contribution is 2.46. The van der Waals surface area contributed by atoms with Gasteiger partial charge in [0.15, 0.2) is 5.78 Å². The third-order valence-electron chi connectivity index (χ3n) is 4.40. The second-order valence-corrected chi connectivity index (χ2v) is 5.61. The number of allylic oxidation sites excluding steroid dienone is 2. The van der Waals surface area contributed by atoms with Gasteiger partial charge in [0.2, 0.25) is 0 Å². The van der Waals surface area contributed by atoms with E-state index in [-0.39, 0.29) is 22.7 Å². The summed E-state index contributed by atoms with van der Waals surface area (Å²) in [7, 11) is 0. The molecule has 1 heterocycles. The Balaban J connectivity index is 2.22. The van der Waals surface area contributed by atoms with Gasteiger partial charge in [-0.05, 0) is 31.2 Å². The Morgan fingerprint density at radius 2 is 2.32 bits per heavy atom. The zero-order chi connectivity index (χ0) is 13.6. The molecule has 0 saturated heterocycles. The van der Waals surface area contributed by atoms with Crippen LogP contribution in [0, 0.1) is 24.2 Å². The Hall–Kier alpha value is -2.02. The van der Waals surface area contributed by atoms with Crippen molar-refractivity contribution >= 4 is 5.78 Å². The SMILES string of the molecule is Cc1ncc2c(n1)[C@@]1(C)C=C(C#N)C(=O)C[C@@H]1CC2. The van der Waals surface area contributed by atoms with Crippen LogP contribution in [0.1, 0.15) is 36.8 Å². The van der Waals surface area contributed by atoms with Crippen molar-refractivity contribution in [2.45, 2.75) is 38.5 Å². The van der Waals surface area contributed by atoms with Gasteiger partial charge in [-0.25, -0.2) is 9.97 Å². The molecule has 0 spiro atoms. The molecule has 0 saturated carbocycles. The highest BCUT2D eigenvalue weighted by atomic mass is 16.1. The molecular weight excluding hydrogens is 238 g/mol. The molecule has 0 fully saturated rings. The van der Waals surface area contributed by atoms with E-state index in [0.29, 0.717) is 6.42 Å². The lowest BCUT2D eigenvalue weighted by molar-refractivity contribution is -0.117. The quantitative estimate of drug-likeness (QED) is 0.709. The van der Waals surface area contributed by atoms with E-state index in [4.69, 9.17) is 5.26 Å². The molecule has 0 amide bonds. The number of ketones is 1. The van der Waals surface area contributed by atoms with Gasteiger partial charge in [0.25, 0.3) is 0 Å². The summed E-state index contributed by atoms with van der Waals surface area (Å²) in [5.41, 5.74) is 2.12. The molecule has 2 aliphatic rings. The lowest BCUT2D eigenvalue weighted by Crippen LogP contribution is -2.41. The van der Waals surface area contributed by atoms with Crippen LogP contribution in [0.25, 0.3) is 0 Å². The first-order chi connectivity index (χ1) is 9.04. The number of Topliss-reactive ketones (excluding diaryl/α,β-unsaturated/α-hetero) is 1. The molecule has 0 aliphatic heterocycles. The fourth-order valence-corrected chi connectivity index (χ4v) is 3.28. The van der Waals surface area contributed by atoms with Crippen molar-refractivity contribution in [2.24, 2.45) is 5.92 Å². The fraction of sp³-hybridized carbons (Fsp3) is 0.467. The molecule has 0 unspecified atom stereocenters. The third-order valence-corrected chi connectivity index (χ3v) is 4.40. The van der Waals surface area contributed by atoms with Gasteiger partial charge in [-0.3, -0.25) is 4.79 Å². The van der Waals surface area contributed by atoms with E-state index in [1.807, 2.05) is 25.3 Å². The zero-order valence-corrected chi connectivity index (χ0v) is 11.1. The van der Waals surface area contributed by atoms with Crippen molar-refractivity contribution in [1.82, 2.24) is 9.97 Å². The second-order valence-electron chi connectivity index (χ2n) is 5.61. The summed E-state index contributed by atoms with van der Waals surface area (Å²) in [6.07, 6.45) is 6.04. The van der Waals surface area contributed by atoms with E-state index in [2.05, 4.69) is 16.9 Å². The van der Waals surface area contributed by atoms with Gasteiger partial charge in [0, 0.05) is 18.0 Å². The number of nitriles is 1. The van der Waals surface area contributed by atoms with Gasteiger partial charge in [-0.1, -0.05) is 13.0 Å². The summed E-state index contributed by atoms with van der Waals surface area (Å²) >= 11 is 0. The zero-order valence-electron chi connectivity index (χ0n) is 11.1. The molecule has 19 heavy (non-hydrogen) atoms. The Bertz CT molecular complexity index is 641. The number of aryl methyl sites for hydroxylation is 2. The molecule has 3 rings (SSSR count). The number of carbonyl (C=O) groups excluding carboxylic acids is 1. The number of carbonyl (C=O) groups is 1. The van der Waals surface area contributed by atoms with E-state index >= 15 is 0 Å². The van der Waals surface area contributed by atoms with Crippen LogP contribution in [0.3, 0.4) is 0 Å². The molecule has 0 bridgehead atoms. The summed E-state index contributed by atoms with van der Waals surface area (Å²) in [5.74, 6) is 0.961. The number of aromatic nitrogens is 2. The molecule has 1 aromatic heterocycles. The van der Waals surface area contributed by atoms with Gasteiger partial charge in [-0.15, -0.1) is 0 Å². The average Bonchev–Trinajstić information content (AvgIpc) is 2.39. The summed E-state index contributed by atoms with van der Waals surface area (Å²) in [4.78, 5) is 20.7. The first-order valence-electron chi connectivity index (χ1n) is 6.54. The van der Waals surface area contributed by atoms with Gasteiger partial charge in [0.05, 0.1) is 11.3 Å². The fourth-order valence-electron chi connectivity index (χ4n) is 3.28. The lowest BCUT2D eigenvalue weighted by Gasteiger charge is -2.42. The maximum atomic E-state index is 11.9. The Morgan fingerprint density at radius 3 is 3.05 bits per heavy atom. The molecule has 4 heteroatoms. The van der Waals surface area contributed by atoms with Gasteiger partial charge >= 0.3 is 0 Å². The maximum absolute atomic E-state index is 11.9. The Labute approximate surface area is 112 Å². The van der Waals surface area contributed by atoms with Crippen LogP contribution in [0.15, 0.2) is 17.8 Å². The number of fused-ring (bicyclic) bond motifs is 3. The van der Waals surface area contributed by atoms with Crippen molar-refractivity contribution in [1.29, 1.82) is 5.26 Å². The van der Waals surface area contributed by atoms with Crippen molar-refractivity contribution in [2.75, 3.05) is 0 Å². The first-order valence-corrected chi connectivity index (χ1v) is 6.54. The minimum absolute atomic E-state index is 0.0285. The monoisotopic (exact) mass is 253 g/mol. The molecule has 0 N–H and O–H groups in total. The van der Waals surface area contributed by atoms with Crippen molar-refractivity contribution in [3.63, 3.8) is 0 Å². The van der Waals surface area contributed by atoms with Crippen LogP contribution < -0.4 is 0 Å². The largest absolute Gasteiger partial charge is 0.293 e. The molecular formula is C15H15N3O. The number of rotatable bonds is 0. The van der Waals surface area contributed by atoms with E-state index in [9.17, 15) is 4.79 Å². The van der Waals surface area contributed by atoms with E-state index in [0.717, 1.165) is 29.9 Å². The van der Waals surface area contributed by atoms with Crippen LogP contribution in [0.4, 0.5) is 0 Å². The van der Waals surface area contributed by atoms with Crippen molar-refractivity contribution in [3.05, 3.63) is 34.9 Å². The van der Waals surface area contributed by atoms with E-state index < -0.39 is 0 Å². The second kappa shape index (κ2) is 3.99. The highest BCUT2D eigenvalue weighted by molar-refractivity contribution is 6.00. The third kappa shape index (κ3) is 1.69. The topological polar surface area (TPSA) is 66.6 Å². The predicted octanol–water partition coefficient (Wildman–Crippen LogP) is 2.03. The van der Waals surface area contributed by atoms with E-state index in [1.54, 1.807) is 0 Å². The Morgan fingerprint density at radius 1 is 1.53 bits per heavy atom. The maximum Gasteiger partial charge on any atom is 0.173 e. The van der Waals surface area contributed by atoms with Crippen molar-refractivity contribution < 1.29 is 4.79 Å². The molecule has 0 radical (unpaired) electrons. The minimum Gasteiger partial charge on any atom is -0.293 e. The Kier molecular flexibility index (Phi) is 2.53. The molecule has 4 nitrogen and oxygen atoms in total. The summed E-state index contributed by atoms with van der Waals surface area (Å²) in [6, 6.07) is 2.03. The highest BCUT2D eigenvalue weighted by Gasteiger charge is 2.45. The first kappa shape index (κ1) is 12.0. The average molecular weight is 253 g/mol. The van der Waals surface area contributed by atoms with Gasteiger partial charge in [-0.2, -0.15) is 5.26 Å². The van der Waals surface area contributed by atoms with Gasteiger partial charge in [0.1, 0.15) is 11.9 Å². The summed E-state index contributed by atoms with van der Waals surface area (Å²) in [5, 5.41) is 9.10. The summed E-state index contributed by atoms with van der Waals surface area (Å²) < 4.78 is 0. The van der Waals surface area contributed by atoms with Crippen LogP contribution in [0.5, 0.6) is 0 Å². The molecule has 0 aromatic carbocycles. The summed E-state index contributed by atoms with van der Waals surface area (Å²) in [6.45, 7) is 3.96. The number of hydrogen-bond donors (Lipinski definition) is 0. The van der Waals surface area contributed by atoms with Crippen LogP contribution in [-0.4, -0.2) is 15.8 Å². The normalized spacial score (nSPS) is 29.0. The van der Waals surface area contributed by atoms with Gasteiger partial charge < -0.3 is 0 Å². The molecule has 2 aliphatic carbocycles. The predicted molar refractivity (Wildman–Crippen MR) is 69.3 cm³/mol. The van der Waals surface area contributed by atoms with E-state index in [1.165, 1.54) is 0 Å². The lowest BCUT2D eigenvalue weighted by atomic mass is 9.61. The van der Waals surface area contributed by atoms with Crippen LogP contribution in [0.2, 0.25) is 0 Å². The minimum atomic E-state index is -0.305. The molecule has 96 valence electrons. The van der Waals surface area contributed by atoms with Crippen LogP contribution in [-0.2, 0) is 16.6 Å². The molecule has 1 aromatic rings.